The number of esters is 1. The van der Waals surface area contributed by atoms with Gasteiger partial charge in [-0.15, -0.1) is 0 Å². The van der Waals surface area contributed by atoms with Crippen molar-refractivity contribution in [2.45, 2.75) is 45.1 Å². The summed E-state index contributed by atoms with van der Waals surface area (Å²) in [7, 11) is 1.59. The van der Waals surface area contributed by atoms with E-state index in [2.05, 4.69) is 0 Å². The van der Waals surface area contributed by atoms with Crippen LogP contribution < -0.4 is 4.74 Å². The lowest BCUT2D eigenvalue weighted by Gasteiger charge is -2.34. The molecule has 1 unspecified atom stereocenters. The summed E-state index contributed by atoms with van der Waals surface area (Å²) in [5.74, 6) is 0.1000. The van der Waals surface area contributed by atoms with Crippen LogP contribution in [0.3, 0.4) is 0 Å². The molecule has 0 spiro atoms. The topological polar surface area (TPSA) is 69.7 Å². The molecule has 0 heterocycles. The van der Waals surface area contributed by atoms with E-state index in [-0.39, 0.29) is 31.0 Å². The van der Waals surface area contributed by atoms with Crippen molar-refractivity contribution >= 4 is 17.5 Å². The number of carbonyl (C=O) groups excluding carboxylic acids is 3. The first-order valence-electron chi connectivity index (χ1n) is 9.97. The van der Waals surface area contributed by atoms with Gasteiger partial charge < -0.3 is 9.47 Å². The molecule has 152 valence electrons. The molecule has 0 saturated heterocycles. The predicted octanol–water partition coefficient (Wildman–Crippen LogP) is 4.53. The lowest BCUT2D eigenvalue weighted by molar-refractivity contribution is -0.145. The molecule has 29 heavy (non-hydrogen) atoms. The molecule has 0 bridgehead atoms. The van der Waals surface area contributed by atoms with E-state index in [1.807, 2.05) is 18.2 Å². The van der Waals surface area contributed by atoms with Gasteiger partial charge in [-0.2, -0.15) is 0 Å². The highest BCUT2D eigenvalue weighted by atomic mass is 16.5. The van der Waals surface area contributed by atoms with E-state index in [0.29, 0.717) is 18.4 Å². The number of rotatable bonds is 8. The predicted molar refractivity (Wildman–Crippen MR) is 109 cm³/mol. The summed E-state index contributed by atoms with van der Waals surface area (Å²) in [5.41, 5.74) is 0.260. The smallest absolute Gasteiger partial charge is 0.306 e. The second-order valence-electron chi connectivity index (χ2n) is 7.42. The van der Waals surface area contributed by atoms with Crippen molar-refractivity contribution in [1.29, 1.82) is 0 Å². The normalized spacial score (nSPS) is 18.9. The zero-order valence-corrected chi connectivity index (χ0v) is 16.7. The van der Waals surface area contributed by atoms with Crippen LogP contribution in [-0.4, -0.2) is 24.6 Å². The van der Waals surface area contributed by atoms with E-state index >= 15 is 0 Å². The maximum absolute atomic E-state index is 13.2. The molecule has 0 amide bonds. The van der Waals surface area contributed by atoms with E-state index < -0.39 is 11.4 Å². The largest absolute Gasteiger partial charge is 0.497 e. The highest BCUT2D eigenvalue weighted by molar-refractivity contribution is 6.15. The molecule has 0 radical (unpaired) electrons. The summed E-state index contributed by atoms with van der Waals surface area (Å²) < 4.78 is 10.5. The van der Waals surface area contributed by atoms with Gasteiger partial charge in [-0.1, -0.05) is 48.9 Å². The van der Waals surface area contributed by atoms with Gasteiger partial charge in [0, 0.05) is 18.4 Å². The number of benzene rings is 2. The van der Waals surface area contributed by atoms with Crippen LogP contribution in [-0.2, 0) is 20.9 Å². The van der Waals surface area contributed by atoms with Gasteiger partial charge in [0.25, 0.3) is 0 Å². The van der Waals surface area contributed by atoms with Gasteiger partial charge in [-0.25, -0.2) is 0 Å². The maximum Gasteiger partial charge on any atom is 0.306 e. The minimum absolute atomic E-state index is 0.0421. The van der Waals surface area contributed by atoms with Gasteiger partial charge in [-0.3, -0.25) is 14.4 Å². The molecule has 3 rings (SSSR count). The number of Topliss-reactive ketones (excluding diaryl/α,β-unsaturated/α-hetero) is 2. The van der Waals surface area contributed by atoms with Gasteiger partial charge >= 0.3 is 5.97 Å². The third-order valence-corrected chi connectivity index (χ3v) is 5.58. The summed E-state index contributed by atoms with van der Waals surface area (Å²) in [6.45, 7) is 0.149. The van der Waals surface area contributed by atoms with Crippen molar-refractivity contribution in [3.63, 3.8) is 0 Å². The summed E-state index contributed by atoms with van der Waals surface area (Å²) in [6.07, 6.45) is 2.72. The summed E-state index contributed by atoms with van der Waals surface area (Å²) in [6, 6.07) is 16.1. The molecule has 0 aliphatic heterocycles. The number of methoxy groups -OCH3 is 1. The van der Waals surface area contributed by atoms with Crippen molar-refractivity contribution in [2.75, 3.05) is 7.11 Å². The minimum atomic E-state index is -1.11. The fourth-order valence-corrected chi connectivity index (χ4v) is 3.85. The molecule has 1 saturated carbocycles. The van der Waals surface area contributed by atoms with E-state index in [1.165, 1.54) is 0 Å². The molecular formula is C24H26O5. The second kappa shape index (κ2) is 9.50. The summed E-state index contributed by atoms with van der Waals surface area (Å²) in [5, 5.41) is 0. The lowest BCUT2D eigenvalue weighted by atomic mass is 9.66. The lowest BCUT2D eigenvalue weighted by Crippen LogP contribution is -2.42. The molecule has 0 N–H and O–H groups in total. The van der Waals surface area contributed by atoms with Crippen LogP contribution in [0.1, 0.15) is 54.4 Å². The van der Waals surface area contributed by atoms with E-state index in [4.69, 9.17) is 9.47 Å². The Morgan fingerprint density at radius 1 is 1.00 bits per heavy atom. The number of ether oxygens (including phenoxy) is 2. The average Bonchev–Trinajstić information content (AvgIpc) is 2.77. The standard InChI is InChI=1S/C24H26O5/c1-28-20-12-10-18(11-13-20)17-29-22(26)14-16-24(15-6-5-9-21(24)25)23(27)19-7-3-2-4-8-19/h2-4,7-8,10-13H,5-6,9,14-17H2,1H3. The van der Waals surface area contributed by atoms with Crippen LogP contribution in [0.5, 0.6) is 5.75 Å². The molecule has 1 aliphatic carbocycles. The number of carbonyl (C=O) groups is 3. The van der Waals surface area contributed by atoms with Crippen molar-refractivity contribution < 1.29 is 23.9 Å². The van der Waals surface area contributed by atoms with Crippen molar-refractivity contribution in [3.8, 4) is 5.75 Å². The number of ketones is 2. The Kier molecular flexibility index (Phi) is 6.81. The zero-order chi connectivity index (χ0) is 20.7. The maximum atomic E-state index is 13.2. The number of hydrogen-bond donors (Lipinski definition) is 0. The van der Waals surface area contributed by atoms with Gasteiger partial charge in [-0.05, 0) is 37.0 Å². The molecular weight excluding hydrogens is 368 g/mol. The Labute approximate surface area is 171 Å². The van der Waals surface area contributed by atoms with Crippen molar-refractivity contribution in [3.05, 3.63) is 65.7 Å². The fourth-order valence-electron chi connectivity index (χ4n) is 3.85. The third kappa shape index (κ3) is 4.91. The quantitative estimate of drug-likeness (QED) is 0.374. The third-order valence-electron chi connectivity index (χ3n) is 5.58. The van der Waals surface area contributed by atoms with Gasteiger partial charge in [0.15, 0.2) is 5.78 Å². The molecule has 5 heteroatoms. The molecule has 5 nitrogen and oxygen atoms in total. The van der Waals surface area contributed by atoms with Crippen LogP contribution in [0.2, 0.25) is 0 Å². The zero-order valence-electron chi connectivity index (χ0n) is 16.7. The molecule has 1 aliphatic rings. The Bertz CT molecular complexity index is 857. The van der Waals surface area contributed by atoms with Gasteiger partial charge in [0.1, 0.15) is 18.1 Å². The Morgan fingerprint density at radius 3 is 2.38 bits per heavy atom. The molecule has 2 aromatic carbocycles. The van der Waals surface area contributed by atoms with Crippen LogP contribution in [0.15, 0.2) is 54.6 Å². The van der Waals surface area contributed by atoms with Crippen LogP contribution in [0.4, 0.5) is 0 Å². The fraction of sp³-hybridized carbons (Fsp3) is 0.375. The van der Waals surface area contributed by atoms with Crippen LogP contribution in [0.25, 0.3) is 0 Å². The van der Waals surface area contributed by atoms with Crippen LogP contribution >= 0.6 is 0 Å². The molecule has 2 aromatic rings. The van der Waals surface area contributed by atoms with Gasteiger partial charge in [0.2, 0.25) is 0 Å². The molecule has 1 atom stereocenters. The Hall–Kier alpha value is -2.95. The average molecular weight is 394 g/mol. The monoisotopic (exact) mass is 394 g/mol. The van der Waals surface area contributed by atoms with E-state index in [9.17, 15) is 14.4 Å². The Morgan fingerprint density at radius 2 is 1.72 bits per heavy atom. The SMILES string of the molecule is COc1ccc(COC(=O)CCC2(C(=O)c3ccccc3)CCCCC2=O)cc1. The first-order chi connectivity index (χ1) is 14.0. The van der Waals surface area contributed by atoms with Crippen LogP contribution in [0, 0.1) is 5.41 Å². The van der Waals surface area contributed by atoms with E-state index in [1.54, 1.807) is 43.5 Å². The molecule has 1 fully saturated rings. The molecule has 0 aromatic heterocycles. The summed E-state index contributed by atoms with van der Waals surface area (Å²) >= 11 is 0. The van der Waals surface area contributed by atoms with E-state index in [0.717, 1.165) is 24.2 Å². The highest BCUT2D eigenvalue weighted by Crippen LogP contribution is 2.40. The van der Waals surface area contributed by atoms with Crippen molar-refractivity contribution in [1.82, 2.24) is 0 Å². The highest BCUT2D eigenvalue weighted by Gasteiger charge is 2.46. The second-order valence-corrected chi connectivity index (χ2v) is 7.42. The first-order valence-corrected chi connectivity index (χ1v) is 9.97. The Balaban J connectivity index is 1.64. The number of hydrogen-bond acceptors (Lipinski definition) is 5. The van der Waals surface area contributed by atoms with Crippen molar-refractivity contribution in [2.24, 2.45) is 5.41 Å². The first kappa shape index (κ1) is 20.8. The minimum Gasteiger partial charge on any atom is -0.497 e. The van der Waals surface area contributed by atoms with Gasteiger partial charge in [0.05, 0.1) is 12.5 Å². The summed E-state index contributed by atoms with van der Waals surface area (Å²) in [4.78, 5) is 38.3.